The standard InChI is InChI=1S/C22H25N3O2S/c1-16-24-20(15-28-16)14-27-21-10-6-9-17(11-21)22(26)23-12-18-7-4-5-8-19(18)13-25(2)3/h4-11,15H,12-14H2,1-3H3,(H,23,26). The summed E-state index contributed by atoms with van der Waals surface area (Å²) in [6.07, 6.45) is 0. The number of aryl methyl sites for hydroxylation is 1. The molecule has 28 heavy (non-hydrogen) atoms. The molecule has 3 rings (SSSR count). The van der Waals surface area contributed by atoms with E-state index in [-0.39, 0.29) is 5.91 Å². The Labute approximate surface area is 170 Å². The summed E-state index contributed by atoms with van der Waals surface area (Å²) in [6, 6.07) is 15.4. The second kappa shape index (κ2) is 9.48. The summed E-state index contributed by atoms with van der Waals surface area (Å²) >= 11 is 1.60. The lowest BCUT2D eigenvalue weighted by atomic mass is 10.1. The van der Waals surface area contributed by atoms with Gasteiger partial charge in [0.2, 0.25) is 0 Å². The maximum absolute atomic E-state index is 12.6. The SMILES string of the molecule is Cc1nc(COc2cccc(C(=O)NCc3ccccc3CN(C)C)c2)cs1. The molecule has 0 spiro atoms. The fraction of sp³-hybridized carbons (Fsp3) is 0.273. The number of benzene rings is 2. The van der Waals surface area contributed by atoms with Crippen LogP contribution in [0.15, 0.2) is 53.9 Å². The van der Waals surface area contributed by atoms with E-state index in [1.807, 2.05) is 50.7 Å². The molecule has 0 aliphatic heterocycles. The number of carbonyl (C=O) groups is 1. The molecule has 0 saturated heterocycles. The van der Waals surface area contributed by atoms with Crippen LogP contribution in [0.5, 0.6) is 5.75 Å². The quantitative estimate of drug-likeness (QED) is 0.626. The zero-order chi connectivity index (χ0) is 19.9. The van der Waals surface area contributed by atoms with Gasteiger partial charge in [-0.2, -0.15) is 0 Å². The van der Waals surface area contributed by atoms with Crippen molar-refractivity contribution in [1.82, 2.24) is 15.2 Å². The molecule has 146 valence electrons. The zero-order valence-corrected chi connectivity index (χ0v) is 17.3. The third-order valence-corrected chi connectivity index (χ3v) is 5.02. The van der Waals surface area contributed by atoms with E-state index < -0.39 is 0 Å². The molecule has 0 aliphatic carbocycles. The smallest absolute Gasteiger partial charge is 0.251 e. The first kappa shape index (κ1) is 20.0. The van der Waals surface area contributed by atoms with E-state index in [9.17, 15) is 4.79 Å². The molecule has 0 bridgehead atoms. The lowest BCUT2D eigenvalue weighted by molar-refractivity contribution is 0.0950. The van der Waals surface area contributed by atoms with Crippen molar-refractivity contribution in [3.05, 3.63) is 81.3 Å². The van der Waals surface area contributed by atoms with Crippen LogP contribution in [-0.4, -0.2) is 29.9 Å². The summed E-state index contributed by atoms with van der Waals surface area (Å²) < 4.78 is 5.78. The first-order valence-corrected chi connectivity index (χ1v) is 10.0. The first-order valence-electron chi connectivity index (χ1n) is 9.15. The number of amides is 1. The molecule has 0 saturated carbocycles. The Morgan fingerprint density at radius 1 is 1.14 bits per heavy atom. The summed E-state index contributed by atoms with van der Waals surface area (Å²) in [5.74, 6) is 0.543. The summed E-state index contributed by atoms with van der Waals surface area (Å²) in [6.45, 7) is 3.70. The third-order valence-electron chi connectivity index (χ3n) is 4.19. The van der Waals surface area contributed by atoms with Crippen molar-refractivity contribution < 1.29 is 9.53 Å². The molecule has 6 heteroatoms. The summed E-state index contributed by atoms with van der Waals surface area (Å²) in [4.78, 5) is 19.1. The molecule has 5 nitrogen and oxygen atoms in total. The highest BCUT2D eigenvalue weighted by Gasteiger charge is 2.09. The molecule has 1 amide bonds. The van der Waals surface area contributed by atoms with Gasteiger partial charge in [0.05, 0.1) is 10.7 Å². The van der Waals surface area contributed by atoms with Gasteiger partial charge in [-0.1, -0.05) is 30.3 Å². The number of carbonyl (C=O) groups excluding carboxylic acids is 1. The lowest BCUT2D eigenvalue weighted by Crippen LogP contribution is -2.24. The van der Waals surface area contributed by atoms with Crippen molar-refractivity contribution in [1.29, 1.82) is 0 Å². The van der Waals surface area contributed by atoms with Gasteiger partial charge in [0, 0.05) is 24.0 Å². The largest absolute Gasteiger partial charge is 0.487 e. The van der Waals surface area contributed by atoms with E-state index in [1.165, 1.54) is 5.56 Å². The van der Waals surface area contributed by atoms with Crippen LogP contribution in [-0.2, 0) is 19.7 Å². The molecule has 1 heterocycles. The van der Waals surface area contributed by atoms with Crippen molar-refractivity contribution in [3.63, 3.8) is 0 Å². The van der Waals surface area contributed by atoms with E-state index >= 15 is 0 Å². The Morgan fingerprint density at radius 2 is 1.93 bits per heavy atom. The number of hydrogen-bond donors (Lipinski definition) is 1. The molecule has 1 aromatic heterocycles. The average molecular weight is 396 g/mol. The second-order valence-electron chi connectivity index (χ2n) is 6.86. The minimum Gasteiger partial charge on any atom is -0.487 e. The number of thiazole rings is 1. The van der Waals surface area contributed by atoms with E-state index in [4.69, 9.17) is 4.74 Å². The Bertz CT molecular complexity index is 937. The molecule has 0 aliphatic rings. The van der Waals surface area contributed by atoms with Crippen LogP contribution in [0, 0.1) is 6.92 Å². The number of nitrogens with one attached hydrogen (secondary N) is 1. The highest BCUT2D eigenvalue weighted by atomic mass is 32.1. The maximum atomic E-state index is 12.6. The van der Waals surface area contributed by atoms with E-state index in [1.54, 1.807) is 23.5 Å². The molecule has 0 fully saturated rings. The predicted molar refractivity (Wildman–Crippen MR) is 113 cm³/mol. The van der Waals surface area contributed by atoms with Gasteiger partial charge in [-0.25, -0.2) is 4.98 Å². The fourth-order valence-electron chi connectivity index (χ4n) is 2.86. The van der Waals surface area contributed by atoms with Crippen molar-refractivity contribution in [2.75, 3.05) is 14.1 Å². The minimum atomic E-state index is -0.116. The number of nitrogens with zero attached hydrogens (tertiary/aromatic N) is 2. The summed E-state index contributed by atoms with van der Waals surface area (Å²) in [7, 11) is 4.07. The predicted octanol–water partition coefficient (Wildman–Crippen LogP) is 4.02. The van der Waals surface area contributed by atoms with Gasteiger partial charge in [0.1, 0.15) is 12.4 Å². The van der Waals surface area contributed by atoms with Gasteiger partial charge in [0.15, 0.2) is 0 Å². The molecule has 0 unspecified atom stereocenters. The van der Waals surface area contributed by atoms with E-state index in [0.717, 1.165) is 22.8 Å². The second-order valence-corrected chi connectivity index (χ2v) is 7.93. The fourth-order valence-corrected chi connectivity index (χ4v) is 3.46. The Kier molecular flexibility index (Phi) is 6.79. The maximum Gasteiger partial charge on any atom is 0.251 e. The van der Waals surface area contributed by atoms with Crippen LogP contribution in [0.2, 0.25) is 0 Å². The van der Waals surface area contributed by atoms with Crippen LogP contribution in [0.25, 0.3) is 0 Å². The van der Waals surface area contributed by atoms with E-state index in [2.05, 4.69) is 27.3 Å². The lowest BCUT2D eigenvalue weighted by Gasteiger charge is -2.15. The average Bonchev–Trinajstić information content (AvgIpc) is 3.10. The van der Waals surface area contributed by atoms with E-state index in [0.29, 0.717) is 24.5 Å². The van der Waals surface area contributed by atoms with Crippen molar-refractivity contribution >= 4 is 17.2 Å². The zero-order valence-electron chi connectivity index (χ0n) is 16.4. The van der Waals surface area contributed by atoms with Gasteiger partial charge in [-0.15, -0.1) is 11.3 Å². The summed E-state index contributed by atoms with van der Waals surface area (Å²) in [5, 5.41) is 6.01. The summed E-state index contributed by atoms with van der Waals surface area (Å²) in [5.41, 5.74) is 3.81. The molecular weight excluding hydrogens is 370 g/mol. The molecule has 3 aromatic rings. The van der Waals surface area contributed by atoms with Crippen LogP contribution in [0.4, 0.5) is 0 Å². The van der Waals surface area contributed by atoms with Gasteiger partial charge >= 0.3 is 0 Å². The van der Waals surface area contributed by atoms with Crippen molar-refractivity contribution in [2.24, 2.45) is 0 Å². The van der Waals surface area contributed by atoms with Crippen molar-refractivity contribution in [3.8, 4) is 5.75 Å². The van der Waals surface area contributed by atoms with Crippen LogP contribution >= 0.6 is 11.3 Å². The topological polar surface area (TPSA) is 54.5 Å². The van der Waals surface area contributed by atoms with Crippen LogP contribution in [0.1, 0.15) is 32.2 Å². The third kappa shape index (κ3) is 5.65. The monoisotopic (exact) mass is 395 g/mol. The molecular formula is C22H25N3O2S. The van der Waals surface area contributed by atoms with Gasteiger partial charge in [-0.05, 0) is 50.3 Å². The molecule has 2 aromatic carbocycles. The normalized spacial score (nSPS) is 10.9. The Hall–Kier alpha value is -2.70. The minimum absolute atomic E-state index is 0.116. The Balaban J connectivity index is 1.60. The van der Waals surface area contributed by atoms with Crippen LogP contribution < -0.4 is 10.1 Å². The van der Waals surface area contributed by atoms with Gasteiger partial charge in [0.25, 0.3) is 5.91 Å². The number of rotatable bonds is 8. The Morgan fingerprint density at radius 3 is 2.64 bits per heavy atom. The van der Waals surface area contributed by atoms with Gasteiger partial charge < -0.3 is 15.0 Å². The highest BCUT2D eigenvalue weighted by Crippen LogP contribution is 2.17. The number of ether oxygens (including phenoxy) is 1. The number of aromatic nitrogens is 1. The van der Waals surface area contributed by atoms with Crippen molar-refractivity contribution in [2.45, 2.75) is 26.6 Å². The molecule has 1 N–H and O–H groups in total. The molecule has 0 radical (unpaired) electrons. The first-order chi connectivity index (χ1) is 13.5. The number of hydrogen-bond acceptors (Lipinski definition) is 5. The highest BCUT2D eigenvalue weighted by molar-refractivity contribution is 7.09. The van der Waals surface area contributed by atoms with Gasteiger partial charge in [-0.3, -0.25) is 4.79 Å². The molecule has 0 atom stereocenters. The van der Waals surface area contributed by atoms with Crippen LogP contribution in [0.3, 0.4) is 0 Å².